The summed E-state index contributed by atoms with van der Waals surface area (Å²) in [5.74, 6) is -0.389. The maximum Gasteiger partial charge on any atom is 0.352 e. The number of carboxylic acid groups (broad SMARTS) is 1. The molecule has 0 aliphatic heterocycles. The second-order valence-electron chi connectivity index (χ2n) is 6.95. The van der Waals surface area contributed by atoms with Crippen molar-refractivity contribution in [2.45, 2.75) is 39.2 Å². The molecular weight excluding hydrogens is 386 g/mol. The molecule has 2 aromatic heterocycles. The van der Waals surface area contributed by atoms with E-state index in [0.29, 0.717) is 19.4 Å². The summed E-state index contributed by atoms with van der Waals surface area (Å²) in [6, 6.07) is 9.02. The molecule has 1 atom stereocenters. The van der Waals surface area contributed by atoms with Crippen molar-refractivity contribution >= 4 is 11.9 Å². The molecule has 0 fully saturated rings. The zero-order chi connectivity index (χ0) is 21.5. The van der Waals surface area contributed by atoms with Crippen molar-refractivity contribution in [2.75, 3.05) is 6.61 Å². The van der Waals surface area contributed by atoms with Crippen LogP contribution in [0.4, 0.5) is 0 Å². The molecule has 1 unspecified atom stereocenters. The van der Waals surface area contributed by atoms with E-state index in [1.807, 2.05) is 44.3 Å². The molecule has 9 heteroatoms. The van der Waals surface area contributed by atoms with Crippen LogP contribution in [0.5, 0.6) is 5.75 Å². The lowest BCUT2D eigenvalue weighted by molar-refractivity contribution is -0.121. The second kappa shape index (κ2) is 9.73. The maximum absolute atomic E-state index is 12.2. The smallest absolute Gasteiger partial charge is 0.352 e. The van der Waals surface area contributed by atoms with Crippen molar-refractivity contribution in [3.63, 3.8) is 0 Å². The molecule has 30 heavy (non-hydrogen) atoms. The van der Waals surface area contributed by atoms with Crippen molar-refractivity contribution in [2.24, 2.45) is 0 Å². The van der Waals surface area contributed by atoms with E-state index in [1.54, 1.807) is 10.9 Å². The molecule has 0 saturated heterocycles. The van der Waals surface area contributed by atoms with Crippen LogP contribution in [0.1, 0.15) is 42.0 Å². The first kappa shape index (κ1) is 21.1. The van der Waals surface area contributed by atoms with Gasteiger partial charge in [0.1, 0.15) is 17.1 Å². The highest BCUT2D eigenvalue weighted by Crippen LogP contribution is 2.21. The minimum Gasteiger partial charge on any atom is -0.492 e. The Morgan fingerprint density at radius 1 is 1.33 bits per heavy atom. The molecule has 2 heterocycles. The predicted octanol–water partition coefficient (Wildman–Crippen LogP) is 2.37. The van der Waals surface area contributed by atoms with Crippen LogP contribution in [0.3, 0.4) is 0 Å². The number of aromatic carboxylic acids is 1. The summed E-state index contributed by atoms with van der Waals surface area (Å²) >= 11 is 0. The second-order valence-corrected chi connectivity index (χ2v) is 6.95. The lowest BCUT2D eigenvalue weighted by Crippen LogP contribution is -2.34. The fourth-order valence-electron chi connectivity index (χ4n) is 3.11. The third-order valence-corrected chi connectivity index (χ3v) is 4.49. The fraction of sp³-hybridized carbons (Fsp3) is 0.333. The molecule has 3 aromatic rings. The van der Waals surface area contributed by atoms with E-state index in [1.165, 1.54) is 6.07 Å². The summed E-state index contributed by atoms with van der Waals surface area (Å²) in [4.78, 5) is 25.8. The number of aryl methyl sites for hydroxylation is 1. The number of para-hydroxylation sites is 2. The first-order valence-electron chi connectivity index (χ1n) is 9.79. The third-order valence-electron chi connectivity index (χ3n) is 4.49. The summed E-state index contributed by atoms with van der Waals surface area (Å²) in [5.41, 5.74) is 2.46. The van der Waals surface area contributed by atoms with Gasteiger partial charge in [0.15, 0.2) is 0 Å². The normalized spacial score (nSPS) is 11.8. The number of carbonyl (C=O) groups excluding carboxylic acids is 1. The Labute approximate surface area is 174 Å². The van der Waals surface area contributed by atoms with Gasteiger partial charge in [-0.1, -0.05) is 17.3 Å². The number of carboxylic acids is 1. The van der Waals surface area contributed by atoms with Gasteiger partial charge in [-0.05, 0) is 44.0 Å². The van der Waals surface area contributed by atoms with Crippen molar-refractivity contribution in [3.05, 3.63) is 59.7 Å². The van der Waals surface area contributed by atoms with E-state index in [0.717, 1.165) is 22.7 Å². The molecule has 0 aliphatic carbocycles. The van der Waals surface area contributed by atoms with Crippen molar-refractivity contribution < 1.29 is 19.4 Å². The number of nitrogens with one attached hydrogen (secondary N) is 2. The number of rotatable bonds is 10. The molecule has 0 saturated carbocycles. The van der Waals surface area contributed by atoms with E-state index in [-0.39, 0.29) is 24.1 Å². The van der Waals surface area contributed by atoms with Crippen LogP contribution >= 0.6 is 0 Å². The van der Waals surface area contributed by atoms with Gasteiger partial charge < -0.3 is 20.1 Å². The topological polar surface area (TPSA) is 122 Å². The van der Waals surface area contributed by atoms with Gasteiger partial charge in [-0.25, -0.2) is 9.48 Å². The maximum atomic E-state index is 12.2. The van der Waals surface area contributed by atoms with E-state index >= 15 is 0 Å². The van der Waals surface area contributed by atoms with Gasteiger partial charge in [0.05, 0.1) is 18.5 Å². The number of carbonyl (C=O) groups is 2. The quantitative estimate of drug-likeness (QED) is 0.471. The zero-order valence-corrected chi connectivity index (χ0v) is 17.0. The Morgan fingerprint density at radius 2 is 2.13 bits per heavy atom. The predicted molar refractivity (Wildman–Crippen MR) is 110 cm³/mol. The lowest BCUT2D eigenvalue weighted by Gasteiger charge is -2.12. The first-order valence-corrected chi connectivity index (χ1v) is 9.79. The minimum absolute atomic E-state index is 0.102. The summed E-state index contributed by atoms with van der Waals surface area (Å²) in [6.07, 6.45) is 4.71. The molecule has 1 aromatic carbocycles. The number of ether oxygens (including phenoxy) is 1. The van der Waals surface area contributed by atoms with Crippen LogP contribution < -0.4 is 10.1 Å². The lowest BCUT2D eigenvalue weighted by atomic mass is 10.1. The van der Waals surface area contributed by atoms with Crippen molar-refractivity contribution in [1.82, 2.24) is 25.3 Å². The Hall–Kier alpha value is -3.62. The highest BCUT2D eigenvalue weighted by Gasteiger charge is 2.13. The van der Waals surface area contributed by atoms with Crippen LogP contribution in [0.2, 0.25) is 0 Å². The number of benzene rings is 1. The summed E-state index contributed by atoms with van der Waals surface area (Å²) in [7, 11) is 0. The van der Waals surface area contributed by atoms with Gasteiger partial charge in [-0.2, -0.15) is 0 Å². The number of aromatic amines is 1. The van der Waals surface area contributed by atoms with Crippen LogP contribution in [0.25, 0.3) is 5.69 Å². The molecule has 9 nitrogen and oxygen atoms in total. The average Bonchev–Trinajstić information content (AvgIpc) is 3.37. The van der Waals surface area contributed by atoms with Gasteiger partial charge in [-0.15, -0.1) is 5.10 Å². The largest absolute Gasteiger partial charge is 0.492 e. The van der Waals surface area contributed by atoms with E-state index < -0.39 is 5.97 Å². The van der Waals surface area contributed by atoms with Crippen LogP contribution in [0.15, 0.2) is 42.7 Å². The fourth-order valence-corrected chi connectivity index (χ4v) is 3.11. The third kappa shape index (κ3) is 5.47. The van der Waals surface area contributed by atoms with Gasteiger partial charge in [0, 0.05) is 25.1 Å². The standard InChI is InChI=1S/C21H25N5O4/c1-3-30-19-7-5-4-6-18(19)26-13-16(24-25-26)10-14(2)23-20(27)9-8-15-11-17(21(28)29)22-12-15/h4-7,11-14,22H,3,8-10H2,1-2H3,(H,23,27)(H,28,29). The van der Waals surface area contributed by atoms with E-state index in [2.05, 4.69) is 20.6 Å². The monoisotopic (exact) mass is 411 g/mol. The van der Waals surface area contributed by atoms with Crippen molar-refractivity contribution in [3.8, 4) is 11.4 Å². The minimum atomic E-state index is -1.02. The zero-order valence-electron chi connectivity index (χ0n) is 17.0. The molecular formula is C21H25N5O4. The molecule has 158 valence electrons. The SMILES string of the molecule is CCOc1ccccc1-n1cc(CC(C)NC(=O)CCc2c[nH]c(C(=O)O)c2)nn1. The molecule has 0 bridgehead atoms. The van der Waals surface area contributed by atoms with Crippen LogP contribution in [-0.2, 0) is 17.6 Å². The molecule has 0 radical (unpaired) electrons. The molecule has 0 aliphatic rings. The average molecular weight is 411 g/mol. The Morgan fingerprint density at radius 3 is 2.87 bits per heavy atom. The molecule has 1 amide bonds. The molecule has 0 spiro atoms. The Kier molecular flexibility index (Phi) is 6.84. The van der Waals surface area contributed by atoms with Gasteiger partial charge in [-0.3, -0.25) is 4.79 Å². The summed E-state index contributed by atoms with van der Waals surface area (Å²) in [6.45, 7) is 4.39. The summed E-state index contributed by atoms with van der Waals surface area (Å²) < 4.78 is 7.30. The highest BCUT2D eigenvalue weighted by molar-refractivity contribution is 5.85. The number of hydrogen-bond acceptors (Lipinski definition) is 5. The van der Waals surface area contributed by atoms with Crippen molar-refractivity contribution in [1.29, 1.82) is 0 Å². The van der Waals surface area contributed by atoms with Crippen LogP contribution in [0, 0.1) is 0 Å². The Bertz CT molecular complexity index is 1010. The number of amides is 1. The number of aromatic nitrogens is 4. The molecule has 3 N–H and O–H groups in total. The van der Waals surface area contributed by atoms with E-state index in [4.69, 9.17) is 9.84 Å². The van der Waals surface area contributed by atoms with E-state index in [9.17, 15) is 9.59 Å². The van der Waals surface area contributed by atoms with Gasteiger partial charge in [0.25, 0.3) is 0 Å². The van der Waals surface area contributed by atoms with Gasteiger partial charge in [0.2, 0.25) is 5.91 Å². The summed E-state index contributed by atoms with van der Waals surface area (Å²) in [5, 5.41) is 20.2. The Balaban J connectivity index is 1.52. The number of hydrogen-bond donors (Lipinski definition) is 3. The molecule has 3 rings (SSSR count). The number of nitrogens with zero attached hydrogens (tertiary/aromatic N) is 3. The first-order chi connectivity index (χ1) is 14.5. The highest BCUT2D eigenvalue weighted by atomic mass is 16.5. The van der Waals surface area contributed by atoms with Gasteiger partial charge >= 0.3 is 5.97 Å². The van der Waals surface area contributed by atoms with Crippen LogP contribution in [-0.4, -0.2) is 49.6 Å². The number of H-pyrrole nitrogens is 1.